The first-order valence-electron chi connectivity index (χ1n) is 6.23. The number of nitrogens with one attached hydrogen (secondary N) is 1. The molecular formula is C15H16N2O. The first-order chi connectivity index (χ1) is 8.66. The minimum Gasteiger partial charge on any atom is -0.362 e. The van der Waals surface area contributed by atoms with Gasteiger partial charge in [-0.3, -0.25) is 4.79 Å². The number of hydrogen-bond donors (Lipinski definition) is 1. The van der Waals surface area contributed by atoms with E-state index in [1.54, 1.807) is 0 Å². The van der Waals surface area contributed by atoms with Crippen molar-refractivity contribution < 1.29 is 4.79 Å². The number of carbonyl (C=O) groups is 1. The molecule has 0 spiro atoms. The number of aromatic nitrogens is 1. The Kier molecular flexibility index (Phi) is 2.47. The van der Waals surface area contributed by atoms with Crippen molar-refractivity contribution >= 4 is 11.6 Å². The molecule has 1 aromatic heterocycles. The average Bonchev–Trinajstić information content (AvgIpc) is 2.92. The number of nitrogens with zero attached hydrogens (tertiary/aromatic N) is 1. The lowest BCUT2D eigenvalue weighted by molar-refractivity contribution is 0.0989. The number of rotatable bonds is 1. The van der Waals surface area contributed by atoms with Gasteiger partial charge in [-0.15, -0.1) is 0 Å². The summed E-state index contributed by atoms with van der Waals surface area (Å²) >= 11 is 0. The summed E-state index contributed by atoms with van der Waals surface area (Å²) in [6, 6.07) is 10.1. The number of carbonyl (C=O) groups excluding carboxylic acids is 1. The van der Waals surface area contributed by atoms with Gasteiger partial charge in [-0.25, -0.2) is 0 Å². The third-order valence-electron chi connectivity index (χ3n) is 3.51. The van der Waals surface area contributed by atoms with Gasteiger partial charge in [0.05, 0.1) is 5.56 Å². The highest BCUT2D eigenvalue weighted by atomic mass is 16.2. The van der Waals surface area contributed by atoms with Crippen LogP contribution in [0.15, 0.2) is 30.3 Å². The number of hydrogen-bond acceptors (Lipinski definition) is 1. The van der Waals surface area contributed by atoms with E-state index in [0.717, 1.165) is 35.6 Å². The van der Waals surface area contributed by atoms with Gasteiger partial charge in [-0.05, 0) is 38.0 Å². The van der Waals surface area contributed by atoms with Crippen molar-refractivity contribution in [2.45, 2.75) is 20.3 Å². The predicted octanol–water partition coefficient (Wildman–Crippen LogP) is 2.83. The molecule has 0 fully saturated rings. The van der Waals surface area contributed by atoms with Gasteiger partial charge in [0, 0.05) is 23.6 Å². The van der Waals surface area contributed by atoms with Crippen molar-refractivity contribution in [3.05, 3.63) is 52.8 Å². The molecule has 1 aromatic carbocycles. The molecule has 3 nitrogen and oxygen atoms in total. The van der Waals surface area contributed by atoms with Crippen LogP contribution in [-0.2, 0) is 6.42 Å². The van der Waals surface area contributed by atoms with Gasteiger partial charge in [-0.2, -0.15) is 0 Å². The van der Waals surface area contributed by atoms with Gasteiger partial charge >= 0.3 is 0 Å². The number of H-pyrrole nitrogens is 1. The molecule has 0 aliphatic carbocycles. The first kappa shape index (κ1) is 11.1. The van der Waals surface area contributed by atoms with Crippen LogP contribution in [0, 0.1) is 13.8 Å². The fourth-order valence-electron chi connectivity index (χ4n) is 2.64. The molecule has 92 valence electrons. The number of para-hydroxylation sites is 1. The number of fused-ring (bicyclic) bond motifs is 1. The van der Waals surface area contributed by atoms with E-state index in [-0.39, 0.29) is 5.91 Å². The lowest BCUT2D eigenvalue weighted by Gasteiger charge is -2.17. The molecular weight excluding hydrogens is 224 g/mol. The molecule has 1 aliphatic heterocycles. The molecule has 0 saturated carbocycles. The van der Waals surface area contributed by atoms with E-state index in [4.69, 9.17) is 0 Å². The highest BCUT2D eigenvalue weighted by Gasteiger charge is 2.26. The molecule has 0 atom stereocenters. The number of amides is 1. The van der Waals surface area contributed by atoms with Crippen LogP contribution in [0.5, 0.6) is 0 Å². The second-order valence-electron chi connectivity index (χ2n) is 4.83. The summed E-state index contributed by atoms with van der Waals surface area (Å²) in [4.78, 5) is 17.6. The molecule has 1 N–H and O–H groups in total. The number of aryl methyl sites for hydroxylation is 2. The highest BCUT2D eigenvalue weighted by molar-refractivity contribution is 6.08. The van der Waals surface area contributed by atoms with Gasteiger partial charge in [0.25, 0.3) is 5.91 Å². The highest BCUT2D eigenvalue weighted by Crippen LogP contribution is 2.29. The molecule has 2 aromatic rings. The van der Waals surface area contributed by atoms with Gasteiger partial charge in [0.2, 0.25) is 0 Å². The molecule has 2 heterocycles. The fraction of sp³-hybridized carbons (Fsp3) is 0.267. The Morgan fingerprint density at radius 2 is 2.06 bits per heavy atom. The summed E-state index contributed by atoms with van der Waals surface area (Å²) in [6.45, 7) is 4.70. The summed E-state index contributed by atoms with van der Waals surface area (Å²) in [5.41, 5.74) is 5.07. The van der Waals surface area contributed by atoms with Crippen LogP contribution >= 0.6 is 0 Å². The minimum atomic E-state index is 0.0989. The van der Waals surface area contributed by atoms with E-state index in [1.807, 2.05) is 43.0 Å². The molecule has 18 heavy (non-hydrogen) atoms. The SMILES string of the molecule is Cc1cc(C(=O)N2CCc3ccccc32)c(C)[nH]1. The van der Waals surface area contributed by atoms with Gasteiger partial charge in [0.1, 0.15) is 0 Å². The van der Waals surface area contributed by atoms with Crippen LogP contribution in [0.1, 0.15) is 27.3 Å². The van der Waals surface area contributed by atoms with Gasteiger partial charge in [0.15, 0.2) is 0 Å². The van der Waals surface area contributed by atoms with Crippen LogP contribution in [0.4, 0.5) is 5.69 Å². The lowest BCUT2D eigenvalue weighted by Crippen LogP contribution is -2.29. The smallest absolute Gasteiger partial charge is 0.260 e. The van der Waals surface area contributed by atoms with Gasteiger partial charge in [-0.1, -0.05) is 18.2 Å². The molecule has 0 saturated heterocycles. The second kappa shape index (κ2) is 4.02. The molecule has 1 aliphatic rings. The Bertz CT molecular complexity index is 613. The molecule has 3 rings (SSSR count). The Balaban J connectivity index is 1.98. The Morgan fingerprint density at radius 3 is 2.78 bits per heavy atom. The van der Waals surface area contributed by atoms with Crippen molar-refractivity contribution in [1.29, 1.82) is 0 Å². The van der Waals surface area contributed by atoms with E-state index in [9.17, 15) is 4.79 Å². The topological polar surface area (TPSA) is 36.1 Å². The second-order valence-corrected chi connectivity index (χ2v) is 4.83. The van der Waals surface area contributed by atoms with Crippen LogP contribution in [0.2, 0.25) is 0 Å². The fourth-order valence-corrected chi connectivity index (χ4v) is 2.64. The van der Waals surface area contributed by atoms with Crippen LogP contribution in [0.3, 0.4) is 0 Å². The summed E-state index contributed by atoms with van der Waals surface area (Å²) < 4.78 is 0. The molecule has 0 radical (unpaired) electrons. The molecule has 0 unspecified atom stereocenters. The zero-order valence-corrected chi connectivity index (χ0v) is 10.7. The number of benzene rings is 1. The predicted molar refractivity (Wildman–Crippen MR) is 72.1 cm³/mol. The third-order valence-corrected chi connectivity index (χ3v) is 3.51. The normalized spacial score (nSPS) is 13.8. The Morgan fingerprint density at radius 1 is 1.28 bits per heavy atom. The molecule has 0 bridgehead atoms. The summed E-state index contributed by atoms with van der Waals surface area (Å²) in [6.07, 6.45) is 0.949. The maximum absolute atomic E-state index is 12.5. The largest absolute Gasteiger partial charge is 0.362 e. The zero-order chi connectivity index (χ0) is 12.7. The van der Waals surface area contributed by atoms with E-state index >= 15 is 0 Å². The van der Waals surface area contributed by atoms with Crippen molar-refractivity contribution in [1.82, 2.24) is 4.98 Å². The van der Waals surface area contributed by atoms with Gasteiger partial charge < -0.3 is 9.88 Å². The number of aromatic amines is 1. The third kappa shape index (κ3) is 1.63. The first-order valence-corrected chi connectivity index (χ1v) is 6.23. The molecule has 3 heteroatoms. The Labute approximate surface area is 106 Å². The quantitative estimate of drug-likeness (QED) is 0.817. The van der Waals surface area contributed by atoms with Crippen LogP contribution in [-0.4, -0.2) is 17.4 Å². The average molecular weight is 240 g/mol. The van der Waals surface area contributed by atoms with Crippen molar-refractivity contribution in [3.8, 4) is 0 Å². The van der Waals surface area contributed by atoms with Crippen molar-refractivity contribution in [2.24, 2.45) is 0 Å². The zero-order valence-electron chi connectivity index (χ0n) is 10.7. The van der Waals surface area contributed by atoms with Crippen LogP contribution in [0.25, 0.3) is 0 Å². The monoisotopic (exact) mass is 240 g/mol. The minimum absolute atomic E-state index is 0.0989. The van der Waals surface area contributed by atoms with Crippen LogP contribution < -0.4 is 4.90 Å². The summed E-state index contributed by atoms with van der Waals surface area (Å²) in [5.74, 6) is 0.0989. The lowest BCUT2D eigenvalue weighted by atomic mass is 10.1. The number of anilines is 1. The summed E-state index contributed by atoms with van der Waals surface area (Å²) in [5, 5.41) is 0. The van der Waals surface area contributed by atoms with Crippen molar-refractivity contribution in [3.63, 3.8) is 0 Å². The van der Waals surface area contributed by atoms with E-state index in [0.29, 0.717) is 0 Å². The maximum Gasteiger partial charge on any atom is 0.260 e. The van der Waals surface area contributed by atoms with Crippen molar-refractivity contribution in [2.75, 3.05) is 11.4 Å². The van der Waals surface area contributed by atoms with E-state index < -0.39 is 0 Å². The summed E-state index contributed by atoms with van der Waals surface area (Å²) in [7, 11) is 0. The molecule has 1 amide bonds. The Hall–Kier alpha value is -2.03. The van der Waals surface area contributed by atoms with E-state index in [1.165, 1.54) is 5.56 Å². The standard InChI is InChI=1S/C15H16N2O/c1-10-9-13(11(2)16-10)15(18)17-8-7-12-5-3-4-6-14(12)17/h3-6,9,16H,7-8H2,1-2H3. The van der Waals surface area contributed by atoms with E-state index in [2.05, 4.69) is 11.1 Å². The maximum atomic E-state index is 12.5.